The summed E-state index contributed by atoms with van der Waals surface area (Å²) in [5.74, 6) is -0.123. The number of methoxy groups -OCH3 is 1. The van der Waals surface area contributed by atoms with Gasteiger partial charge >= 0.3 is 5.97 Å². The van der Waals surface area contributed by atoms with Crippen LogP contribution in [0.2, 0.25) is 0 Å². The van der Waals surface area contributed by atoms with Crippen molar-refractivity contribution in [1.29, 1.82) is 0 Å². The summed E-state index contributed by atoms with van der Waals surface area (Å²) in [6.07, 6.45) is 5.41. The van der Waals surface area contributed by atoms with E-state index in [9.17, 15) is 4.79 Å². The fourth-order valence-corrected chi connectivity index (χ4v) is 1.91. The maximum Gasteiger partial charge on any atom is 0.306 e. The monoisotopic (exact) mass is 215 g/mol. The van der Waals surface area contributed by atoms with Crippen LogP contribution in [0.1, 0.15) is 38.5 Å². The van der Waals surface area contributed by atoms with Crippen molar-refractivity contribution in [2.24, 2.45) is 5.73 Å². The third-order valence-corrected chi connectivity index (χ3v) is 2.79. The van der Waals surface area contributed by atoms with Crippen LogP contribution in [-0.2, 0) is 14.3 Å². The smallest absolute Gasteiger partial charge is 0.306 e. The van der Waals surface area contributed by atoms with Crippen LogP contribution in [0.25, 0.3) is 0 Å². The Balaban J connectivity index is 2.22. The second-order valence-electron chi connectivity index (χ2n) is 4.03. The minimum Gasteiger partial charge on any atom is -0.462 e. The molecular weight excluding hydrogens is 194 g/mol. The van der Waals surface area contributed by atoms with E-state index < -0.39 is 0 Å². The first kappa shape index (κ1) is 12.5. The molecule has 1 rings (SSSR count). The lowest BCUT2D eigenvalue weighted by Crippen LogP contribution is -2.29. The molecule has 1 saturated carbocycles. The fraction of sp³-hybridized carbons (Fsp3) is 0.909. The molecule has 4 nitrogen and oxygen atoms in total. The zero-order valence-corrected chi connectivity index (χ0v) is 9.41. The van der Waals surface area contributed by atoms with Gasteiger partial charge in [-0.1, -0.05) is 0 Å². The van der Waals surface area contributed by atoms with Crippen molar-refractivity contribution in [2.75, 3.05) is 13.7 Å². The van der Waals surface area contributed by atoms with Crippen molar-refractivity contribution in [3.63, 3.8) is 0 Å². The highest BCUT2D eigenvalue weighted by molar-refractivity contribution is 5.69. The summed E-state index contributed by atoms with van der Waals surface area (Å²) in [7, 11) is 1.71. The van der Waals surface area contributed by atoms with E-state index in [4.69, 9.17) is 15.2 Å². The third kappa shape index (κ3) is 4.62. The molecule has 0 saturated heterocycles. The van der Waals surface area contributed by atoms with Crippen molar-refractivity contribution in [1.82, 2.24) is 0 Å². The number of nitrogens with two attached hydrogens (primary N) is 1. The zero-order valence-electron chi connectivity index (χ0n) is 9.41. The van der Waals surface area contributed by atoms with Crippen LogP contribution in [0.15, 0.2) is 0 Å². The Morgan fingerprint density at radius 2 is 2.13 bits per heavy atom. The molecule has 0 aromatic carbocycles. The summed E-state index contributed by atoms with van der Waals surface area (Å²) in [6, 6.07) is 0. The van der Waals surface area contributed by atoms with Crippen LogP contribution in [0.3, 0.4) is 0 Å². The van der Waals surface area contributed by atoms with Crippen LogP contribution in [-0.4, -0.2) is 31.8 Å². The van der Waals surface area contributed by atoms with Gasteiger partial charge in [-0.05, 0) is 32.2 Å². The van der Waals surface area contributed by atoms with Crippen LogP contribution in [0.4, 0.5) is 0 Å². The Morgan fingerprint density at radius 3 is 2.80 bits per heavy atom. The molecule has 2 unspecified atom stereocenters. The molecule has 1 fully saturated rings. The zero-order chi connectivity index (χ0) is 11.1. The number of ether oxygens (including phenoxy) is 2. The SMILES string of the molecule is COC1CCCC(OC(=O)CCCN)C1. The summed E-state index contributed by atoms with van der Waals surface area (Å²) in [5, 5.41) is 0. The number of esters is 1. The molecule has 1 aliphatic rings. The van der Waals surface area contributed by atoms with Crippen molar-refractivity contribution < 1.29 is 14.3 Å². The fourth-order valence-electron chi connectivity index (χ4n) is 1.91. The maximum absolute atomic E-state index is 11.3. The second kappa shape index (κ2) is 6.80. The van der Waals surface area contributed by atoms with E-state index in [1.165, 1.54) is 0 Å². The largest absolute Gasteiger partial charge is 0.462 e. The molecule has 0 amide bonds. The minimum absolute atomic E-state index is 0.0500. The summed E-state index contributed by atoms with van der Waals surface area (Å²) >= 11 is 0. The van der Waals surface area contributed by atoms with Gasteiger partial charge in [0.25, 0.3) is 0 Å². The lowest BCUT2D eigenvalue weighted by atomic mass is 9.95. The van der Waals surface area contributed by atoms with E-state index in [1.807, 2.05) is 0 Å². The molecule has 88 valence electrons. The number of hydrogen-bond acceptors (Lipinski definition) is 4. The molecule has 4 heteroatoms. The number of hydrogen-bond donors (Lipinski definition) is 1. The van der Waals surface area contributed by atoms with Crippen LogP contribution in [0.5, 0.6) is 0 Å². The van der Waals surface area contributed by atoms with Crippen LogP contribution >= 0.6 is 0 Å². The van der Waals surface area contributed by atoms with Gasteiger partial charge in [-0.25, -0.2) is 0 Å². The molecule has 0 radical (unpaired) electrons. The molecular formula is C11H21NO3. The topological polar surface area (TPSA) is 61.5 Å². The molecule has 2 atom stereocenters. The second-order valence-corrected chi connectivity index (χ2v) is 4.03. The summed E-state index contributed by atoms with van der Waals surface area (Å²) in [6.45, 7) is 0.542. The van der Waals surface area contributed by atoms with Gasteiger partial charge in [0.15, 0.2) is 0 Å². The van der Waals surface area contributed by atoms with Gasteiger partial charge in [-0.15, -0.1) is 0 Å². The van der Waals surface area contributed by atoms with E-state index in [-0.39, 0.29) is 18.2 Å². The van der Waals surface area contributed by atoms with Crippen LogP contribution < -0.4 is 5.73 Å². The Labute approximate surface area is 91.1 Å². The van der Waals surface area contributed by atoms with Gasteiger partial charge < -0.3 is 15.2 Å². The predicted molar refractivity (Wildman–Crippen MR) is 57.4 cm³/mol. The molecule has 0 heterocycles. The van der Waals surface area contributed by atoms with Crippen molar-refractivity contribution in [2.45, 2.75) is 50.7 Å². The highest BCUT2D eigenvalue weighted by atomic mass is 16.5. The maximum atomic E-state index is 11.3. The first-order valence-electron chi connectivity index (χ1n) is 5.68. The first-order valence-corrected chi connectivity index (χ1v) is 5.68. The van der Waals surface area contributed by atoms with E-state index in [2.05, 4.69) is 0 Å². The standard InChI is InChI=1S/C11H21NO3/c1-14-9-4-2-5-10(8-9)15-11(13)6-3-7-12/h9-10H,2-8,12H2,1H3. The highest BCUT2D eigenvalue weighted by Crippen LogP contribution is 2.23. The number of carbonyl (C=O) groups excluding carboxylic acids is 1. The average molecular weight is 215 g/mol. The van der Waals surface area contributed by atoms with Gasteiger partial charge in [0.2, 0.25) is 0 Å². The third-order valence-electron chi connectivity index (χ3n) is 2.79. The van der Waals surface area contributed by atoms with Gasteiger partial charge in [-0.2, -0.15) is 0 Å². The Bertz CT molecular complexity index is 196. The van der Waals surface area contributed by atoms with Gasteiger partial charge in [0, 0.05) is 20.0 Å². The lowest BCUT2D eigenvalue weighted by molar-refractivity contribution is -0.152. The summed E-state index contributed by atoms with van der Waals surface area (Å²) in [4.78, 5) is 11.3. The molecule has 15 heavy (non-hydrogen) atoms. The van der Waals surface area contributed by atoms with Crippen LogP contribution in [0, 0.1) is 0 Å². The van der Waals surface area contributed by atoms with Gasteiger partial charge in [0.05, 0.1) is 6.10 Å². The Hall–Kier alpha value is -0.610. The van der Waals surface area contributed by atoms with E-state index >= 15 is 0 Å². The lowest BCUT2D eigenvalue weighted by Gasteiger charge is -2.27. The van der Waals surface area contributed by atoms with E-state index in [0.717, 1.165) is 25.7 Å². The number of carbonyl (C=O) groups is 1. The number of rotatable bonds is 5. The normalized spacial score (nSPS) is 26.3. The Kier molecular flexibility index (Phi) is 5.65. The molecule has 1 aliphatic carbocycles. The van der Waals surface area contributed by atoms with Crippen molar-refractivity contribution in [3.8, 4) is 0 Å². The molecule has 2 N–H and O–H groups in total. The summed E-state index contributed by atoms with van der Waals surface area (Å²) < 4.78 is 10.6. The molecule has 0 aromatic rings. The van der Waals surface area contributed by atoms with Crippen molar-refractivity contribution in [3.05, 3.63) is 0 Å². The molecule has 0 bridgehead atoms. The van der Waals surface area contributed by atoms with E-state index in [1.54, 1.807) is 7.11 Å². The van der Waals surface area contributed by atoms with Gasteiger partial charge in [-0.3, -0.25) is 4.79 Å². The van der Waals surface area contributed by atoms with E-state index in [0.29, 0.717) is 19.4 Å². The predicted octanol–water partition coefficient (Wildman–Crippen LogP) is 1.23. The quantitative estimate of drug-likeness (QED) is 0.701. The molecule has 0 spiro atoms. The van der Waals surface area contributed by atoms with Crippen molar-refractivity contribution >= 4 is 5.97 Å². The highest BCUT2D eigenvalue weighted by Gasteiger charge is 2.24. The first-order chi connectivity index (χ1) is 7.26. The Morgan fingerprint density at radius 1 is 1.40 bits per heavy atom. The van der Waals surface area contributed by atoms with Gasteiger partial charge in [0.1, 0.15) is 6.10 Å². The minimum atomic E-state index is -0.123. The average Bonchev–Trinajstić information content (AvgIpc) is 2.26. The summed E-state index contributed by atoms with van der Waals surface area (Å²) in [5.41, 5.74) is 5.33. The molecule has 0 aliphatic heterocycles. The molecule has 0 aromatic heterocycles.